The van der Waals surface area contributed by atoms with E-state index in [1.54, 1.807) is 19.8 Å². The summed E-state index contributed by atoms with van der Waals surface area (Å²) >= 11 is 0. The maximum Gasteiger partial charge on any atom is 0.0613 e. The standard InChI is InChI=1S/C15H24O2/c1-11-5-6-12(2)14-13(11)7-8-15(14,9-16-3)10-17-4/h7-8,11-12H,5-6,9-10H2,1-4H3. The van der Waals surface area contributed by atoms with Crippen LogP contribution in [-0.4, -0.2) is 27.4 Å². The number of allylic oxidation sites excluding steroid dienone is 2. The average Bonchev–Trinajstić information content (AvgIpc) is 2.66. The number of hydrogen-bond acceptors (Lipinski definition) is 2. The summed E-state index contributed by atoms with van der Waals surface area (Å²) in [6.07, 6.45) is 7.22. The van der Waals surface area contributed by atoms with Crippen molar-refractivity contribution in [2.75, 3.05) is 27.4 Å². The van der Waals surface area contributed by atoms with E-state index in [0.717, 1.165) is 13.2 Å². The fourth-order valence-corrected chi connectivity index (χ4v) is 3.53. The molecule has 2 atom stereocenters. The average molecular weight is 236 g/mol. The molecule has 2 aliphatic rings. The van der Waals surface area contributed by atoms with E-state index >= 15 is 0 Å². The maximum absolute atomic E-state index is 5.45. The maximum atomic E-state index is 5.45. The van der Waals surface area contributed by atoms with E-state index in [4.69, 9.17) is 9.47 Å². The Morgan fingerprint density at radius 1 is 1.12 bits per heavy atom. The third kappa shape index (κ3) is 2.09. The first-order valence-electron chi connectivity index (χ1n) is 6.56. The van der Waals surface area contributed by atoms with Gasteiger partial charge in [-0.1, -0.05) is 26.0 Å². The van der Waals surface area contributed by atoms with Crippen molar-refractivity contribution >= 4 is 0 Å². The van der Waals surface area contributed by atoms with Gasteiger partial charge in [0.25, 0.3) is 0 Å². The van der Waals surface area contributed by atoms with Gasteiger partial charge in [0.15, 0.2) is 0 Å². The molecule has 0 bridgehead atoms. The summed E-state index contributed by atoms with van der Waals surface area (Å²) in [6.45, 7) is 6.13. The normalized spacial score (nSPS) is 30.8. The summed E-state index contributed by atoms with van der Waals surface area (Å²) < 4.78 is 10.9. The van der Waals surface area contributed by atoms with Gasteiger partial charge in [0.2, 0.25) is 0 Å². The molecule has 17 heavy (non-hydrogen) atoms. The van der Waals surface area contributed by atoms with Crippen LogP contribution in [-0.2, 0) is 9.47 Å². The molecule has 2 rings (SSSR count). The number of methoxy groups -OCH3 is 2. The van der Waals surface area contributed by atoms with Crippen LogP contribution in [0.15, 0.2) is 23.3 Å². The van der Waals surface area contributed by atoms with Gasteiger partial charge in [-0.3, -0.25) is 0 Å². The predicted octanol–water partition coefficient (Wildman–Crippen LogP) is 3.20. The fraction of sp³-hybridized carbons (Fsp3) is 0.733. The van der Waals surface area contributed by atoms with Crippen LogP contribution in [0.1, 0.15) is 26.7 Å². The van der Waals surface area contributed by atoms with E-state index in [9.17, 15) is 0 Å². The first kappa shape index (κ1) is 12.8. The smallest absolute Gasteiger partial charge is 0.0613 e. The van der Waals surface area contributed by atoms with Crippen LogP contribution in [0, 0.1) is 17.3 Å². The summed E-state index contributed by atoms with van der Waals surface area (Å²) in [5, 5.41) is 0. The summed E-state index contributed by atoms with van der Waals surface area (Å²) in [6, 6.07) is 0. The van der Waals surface area contributed by atoms with Crippen molar-refractivity contribution in [2.24, 2.45) is 17.3 Å². The van der Waals surface area contributed by atoms with Crippen molar-refractivity contribution in [1.82, 2.24) is 0 Å². The van der Waals surface area contributed by atoms with E-state index in [1.165, 1.54) is 18.4 Å². The van der Waals surface area contributed by atoms with Crippen LogP contribution in [0.2, 0.25) is 0 Å². The van der Waals surface area contributed by atoms with Gasteiger partial charge >= 0.3 is 0 Å². The quantitative estimate of drug-likeness (QED) is 0.746. The first-order chi connectivity index (χ1) is 8.14. The van der Waals surface area contributed by atoms with E-state index in [1.807, 2.05) is 0 Å². The van der Waals surface area contributed by atoms with E-state index < -0.39 is 0 Å². The van der Waals surface area contributed by atoms with Crippen molar-refractivity contribution in [3.05, 3.63) is 23.3 Å². The lowest BCUT2D eigenvalue weighted by Gasteiger charge is -2.37. The first-order valence-corrected chi connectivity index (χ1v) is 6.56. The molecule has 0 saturated carbocycles. The molecule has 0 saturated heterocycles. The van der Waals surface area contributed by atoms with E-state index in [0.29, 0.717) is 11.8 Å². The van der Waals surface area contributed by atoms with Crippen LogP contribution < -0.4 is 0 Å². The Morgan fingerprint density at radius 3 is 2.29 bits per heavy atom. The van der Waals surface area contributed by atoms with Crippen LogP contribution in [0.3, 0.4) is 0 Å². The van der Waals surface area contributed by atoms with Crippen LogP contribution in [0.25, 0.3) is 0 Å². The van der Waals surface area contributed by atoms with Gasteiger partial charge in [-0.05, 0) is 35.8 Å². The van der Waals surface area contributed by atoms with Gasteiger partial charge in [-0.25, -0.2) is 0 Å². The Morgan fingerprint density at radius 2 is 1.71 bits per heavy atom. The molecular formula is C15H24O2. The minimum absolute atomic E-state index is 0.00701. The molecule has 0 radical (unpaired) electrons. The highest BCUT2D eigenvalue weighted by Crippen LogP contribution is 2.49. The van der Waals surface area contributed by atoms with Gasteiger partial charge in [0.05, 0.1) is 18.6 Å². The molecule has 0 amide bonds. The highest BCUT2D eigenvalue weighted by Gasteiger charge is 2.42. The van der Waals surface area contributed by atoms with Crippen molar-refractivity contribution in [2.45, 2.75) is 26.7 Å². The molecule has 0 aromatic carbocycles. The highest BCUT2D eigenvalue weighted by molar-refractivity contribution is 5.45. The minimum Gasteiger partial charge on any atom is -0.383 e. The second-order valence-corrected chi connectivity index (χ2v) is 5.60. The number of rotatable bonds is 4. The molecule has 2 aliphatic carbocycles. The SMILES string of the molecule is COCC1(COC)C=CC2=C1C(C)CCC2C. The third-order valence-electron chi connectivity index (χ3n) is 4.29. The Balaban J connectivity index is 2.38. The van der Waals surface area contributed by atoms with E-state index in [2.05, 4.69) is 26.0 Å². The Bertz CT molecular complexity index is 335. The van der Waals surface area contributed by atoms with Crippen molar-refractivity contribution in [3.8, 4) is 0 Å². The molecular weight excluding hydrogens is 212 g/mol. The summed E-state index contributed by atoms with van der Waals surface area (Å²) in [4.78, 5) is 0. The van der Waals surface area contributed by atoms with Gasteiger partial charge in [-0.2, -0.15) is 0 Å². The molecule has 0 N–H and O–H groups in total. The molecule has 0 aromatic heterocycles. The Labute approximate surface area is 105 Å². The third-order valence-corrected chi connectivity index (χ3v) is 4.29. The zero-order valence-corrected chi connectivity index (χ0v) is 11.5. The second kappa shape index (κ2) is 4.95. The van der Waals surface area contributed by atoms with E-state index in [-0.39, 0.29) is 5.41 Å². The topological polar surface area (TPSA) is 18.5 Å². The molecule has 2 unspecified atom stereocenters. The molecule has 96 valence electrons. The Kier molecular flexibility index (Phi) is 3.74. The number of ether oxygens (including phenoxy) is 2. The molecule has 2 heteroatoms. The molecule has 2 nitrogen and oxygen atoms in total. The van der Waals surface area contributed by atoms with Crippen LogP contribution in [0.5, 0.6) is 0 Å². The summed E-state index contributed by atoms with van der Waals surface area (Å²) in [5.74, 6) is 1.34. The lowest BCUT2D eigenvalue weighted by molar-refractivity contribution is 0.0557. The highest BCUT2D eigenvalue weighted by atomic mass is 16.5. The lowest BCUT2D eigenvalue weighted by Crippen LogP contribution is -2.34. The van der Waals surface area contributed by atoms with Gasteiger partial charge < -0.3 is 9.47 Å². The van der Waals surface area contributed by atoms with Crippen molar-refractivity contribution in [3.63, 3.8) is 0 Å². The van der Waals surface area contributed by atoms with Crippen molar-refractivity contribution < 1.29 is 9.47 Å². The molecule has 0 fully saturated rings. The minimum atomic E-state index is -0.00701. The largest absolute Gasteiger partial charge is 0.383 e. The number of hydrogen-bond donors (Lipinski definition) is 0. The second-order valence-electron chi connectivity index (χ2n) is 5.60. The van der Waals surface area contributed by atoms with Crippen LogP contribution >= 0.6 is 0 Å². The molecule has 0 aromatic rings. The Hall–Kier alpha value is -0.600. The van der Waals surface area contributed by atoms with Gasteiger partial charge in [0, 0.05) is 14.2 Å². The molecule has 0 aliphatic heterocycles. The fourth-order valence-electron chi connectivity index (χ4n) is 3.53. The monoisotopic (exact) mass is 236 g/mol. The summed E-state index contributed by atoms with van der Waals surface area (Å²) in [7, 11) is 3.56. The zero-order valence-electron chi connectivity index (χ0n) is 11.5. The zero-order chi connectivity index (χ0) is 12.5. The van der Waals surface area contributed by atoms with Crippen LogP contribution in [0.4, 0.5) is 0 Å². The van der Waals surface area contributed by atoms with Gasteiger partial charge in [-0.15, -0.1) is 0 Å². The predicted molar refractivity (Wildman–Crippen MR) is 69.9 cm³/mol. The van der Waals surface area contributed by atoms with Gasteiger partial charge in [0.1, 0.15) is 0 Å². The lowest BCUT2D eigenvalue weighted by atomic mass is 9.70. The summed E-state index contributed by atoms with van der Waals surface area (Å²) in [5.41, 5.74) is 3.10. The molecule has 0 heterocycles. The van der Waals surface area contributed by atoms with Crippen molar-refractivity contribution in [1.29, 1.82) is 0 Å². The molecule has 0 spiro atoms.